The number of ether oxygens (including phenoxy) is 3. The van der Waals surface area contributed by atoms with Gasteiger partial charge in [0.1, 0.15) is 17.2 Å². The predicted octanol–water partition coefficient (Wildman–Crippen LogP) is 5.00. The molecule has 1 unspecified atom stereocenters. The minimum absolute atomic E-state index is 0.0872. The second-order valence-electron chi connectivity index (χ2n) is 8.84. The first kappa shape index (κ1) is 25.4. The summed E-state index contributed by atoms with van der Waals surface area (Å²) in [5.41, 5.74) is 1.88. The van der Waals surface area contributed by atoms with Crippen LogP contribution in [-0.4, -0.2) is 40.6 Å². The third-order valence-electron chi connectivity index (χ3n) is 5.28. The summed E-state index contributed by atoms with van der Waals surface area (Å²) < 4.78 is 18.5. The zero-order valence-electron chi connectivity index (χ0n) is 20.7. The molecule has 3 rings (SSSR count). The van der Waals surface area contributed by atoms with Crippen molar-refractivity contribution in [2.75, 3.05) is 25.3 Å². The lowest BCUT2D eigenvalue weighted by Gasteiger charge is -2.20. The molecule has 1 atom stereocenters. The summed E-state index contributed by atoms with van der Waals surface area (Å²) in [4.78, 5) is 12.5. The van der Waals surface area contributed by atoms with E-state index in [2.05, 4.69) is 48.4 Å². The van der Waals surface area contributed by atoms with Crippen molar-refractivity contribution in [2.24, 2.45) is 7.05 Å². The highest BCUT2D eigenvalue weighted by atomic mass is 32.2. The summed E-state index contributed by atoms with van der Waals surface area (Å²) in [6.45, 7) is 8.46. The lowest BCUT2D eigenvalue weighted by atomic mass is 9.87. The maximum absolute atomic E-state index is 12.5. The number of hydrogen-bond donors (Lipinski definition) is 1. The topological polar surface area (TPSA) is 87.5 Å². The van der Waals surface area contributed by atoms with Gasteiger partial charge in [0.2, 0.25) is 5.91 Å². The maximum Gasteiger partial charge on any atom is 0.234 e. The highest BCUT2D eigenvalue weighted by Crippen LogP contribution is 2.30. The van der Waals surface area contributed by atoms with Gasteiger partial charge < -0.3 is 24.1 Å². The molecule has 0 aliphatic rings. The number of amides is 1. The first-order valence-electron chi connectivity index (χ1n) is 10.9. The Balaban J connectivity index is 1.60. The summed E-state index contributed by atoms with van der Waals surface area (Å²) in [7, 11) is 4.99. The summed E-state index contributed by atoms with van der Waals surface area (Å²) in [6.07, 6.45) is -0.304. The van der Waals surface area contributed by atoms with Crippen LogP contribution in [0.3, 0.4) is 0 Å². The Morgan fingerprint density at radius 1 is 1.06 bits per heavy atom. The van der Waals surface area contributed by atoms with Gasteiger partial charge in [-0.15, -0.1) is 10.2 Å². The summed E-state index contributed by atoms with van der Waals surface area (Å²) in [5, 5.41) is 12.0. The van der Waals surface area contributed by atoms with Crippen LogP contribution in [0.1, 0.15) is 45.2 Å². The normalized spacial score (nSPS) is 12.2. The second kappa shape index (κ2) is 10.8. The minimum atomic E-state index is -0.304. The molecule has 1 amide bonds. The number of methoxy groups -OCH3 is 2. The number of carbonyl (C=O) groups is 1. The van der Waals surface area contributed by atoms with Crippen molar-refractivity contribution in [1.29, 1.82) is 0 Å². The van der Waals surface area contributed by atoms with Gasteiger partial charge in [-0.3, -0.25) is 4.79 Å². The number of nitrogens with one attached hydrogen (secondary N) is 1. The van der Waals surface area contributed by atoms with Crippen LogP contribution >= 0.6 is 11.8 Å². The van der Waals surface area contributed by atoms with E-state index in [0.29, 0.717) is 28.2 Å². The SMILES string of the molecule is COc1ccc(OC)c(NC(=O)CSc2nnc(C(C)Oc3ccc(C(C)(C)C)cc3)n2C)c1. The average molecular weight is 485 g/mol. The highest BCUT2D eigenvalue weighted by molar-refractivity contribution is 7.99. The van der Waals surface area contributed by atoms with Crippen molar-refractivity contribution in [1.82, 2.24) is 14.8 Å². The zero-order chi connectivity index (χ0) is 24.9. The number of benzene rings is 2. The van der Waals surface area contributed by atoms with Crippen molar-refractivity contribution >= 4 is 23.4 Å². The highest BCUT2D eigenvalue weighted by Gasteiger charge is 2.19. The molecule has 2 aromatic carbocycles. The van der Waals surface area contributed by atoms with Crippen molar-refractivity contribution in [3.8, 4) is 17.2 Å². The van der Waals surface area contributed by atoms with Crippen LogP contribution in [0.2, 0.25) is 0 Å². The van der Waals surface area contributed by atoms with E-state index in [4.69, 9.17) is 14.2 Å². The predicted molar refractivity (Wildman–Crippen MR) is 134 cm³/mol. The van der Waals surface area contributed by atoms with E-state index < -0.39 is 0 Å². The molecule has 9 heteroatoms. The Hall–Kier alpha value is -3.20. The molecule has 0 radical (unpaired) electrons. The Labute approximate surface area is 205 Å². The van der Waals surface area contributed by atoms with Crippen molar-refractivity contribution < 1.29 is 19.0 Å². The molecule has 8 nitrogen and oxygen atoms in total. The van der Waals surface area contributed by atoms with Crippen molar-refractivity contribution in [3.63, 3.8) is 0 Å². The van der Waals surface area contributed by atoms with Crippen LogP contribution < -0.4 is 19.5 Å². The number of nitrogens with zero attached hydrogens (tertiary/aromatic N) is 3. The van der Waals surface area contributed by atoms with E-state index >= 15 is 0 Å². The van der Waals surface area contributed by atoms with Gasteiger partial charge in [0.25, 0.3) is 0 Å². The Morgan fingerprint density at radius 3 is 2.35 bits per heavy atom. The molecule has 1 heterocycles. The van der Waals surface area contributed by atoms with Crippen LogP contribution in [0.25, 0.3) is 0 Å². The van der Waals surface area contributed by atoms with Gasteiger partial charge >= 0.3 is 0 Å². The first-order chi connectivity index (χ1) is 16.1. The molecule has 0 saturated carbocycles. The third-order valence-corrected chi connectivity index (χ3v) is 6.30. The monoisotopic (exact) mass is 484 g/mol. The lowest BCUT2D eigenvalue weighted by Crippen LogP contribution is -2.15. The van der Waals surface area contributed by atoms with Crippen molar-refractivity contribution in [3.05, 3.63) is 53.9 Å². The molecule has 1 aromatic heterocycles. The van der Waals surface area contributed by atoms with Gasteiger partial charge in [-0.05, 0) is 42.2 Å². The molecule has 0 aliphatic carbocycles. The van der Waals surface area contributed by atoms with E-state index in [0.717, 1.165) is 5.75 Å². The van der Waals surface area contributed by atoms with Crippen LogP contribution in [0.5, 0.6) is 17.2 Å². The van der Waals surface area contributed by atoms with E-state index in [9.17, 15) is 4.79 Å². The molecule has 0 bridgehead atoms. The smallest absolute Gasteiger partial charge is 0.234 e. The van der Waals surface area contributed by atoms with Gasteiger partial charge in [0, 0.05) is 13.1 Å². The molecule has 1 N–H and O–H groups in total. The number of carbonyl (C=O) groups excluding carboxylic acids is 1. The Morgan fingerprint density at radius 2 is 1.74 bits per heavy atom. The van der Waals surface area contributed by atoms with Crippen LogP contribution in [-0.2, 0) is 17.3 Å². The molecule has 3 aromatic rings. The number of anilines is 1. The largest absolute Gasteiger partial charge is 0.497 e. The van der Waals surface area contributed by atoms with Gasteiger partial charge in [0.15, 0.2) is 17.1 Å². The number of thioether (sulfide) groups is 1. The quantitative estimate of drug-likeness (QED) is 0.428. The first-order valence-corrected chi connectivity index (χ1v) is 11.9. The fourth-order valence-electron chi connectivity index (χ4n) is 3.32. The number of aromatic nitrogens is 3. The zero-order valence-corrected chi connectivity index (χ0v) is 21.5. The summed E-state index contributed by atoms with van der Waals surface area (Å²) in [5.74, 6) is 2.60. The second-order valence-corrected chi connectivity index (χ2v) is 9.78. The molecule has 34 heavy (non-hydrogen) atoms. The van der Waals surface area contributed by atoms with E-state index in [1.54, 1.807) is 32.4 Å². The summed E-state index contributed by atoms with van der Waals surface area (Å²) in [6, 6.07) is 13.3. The van der Waals surface area contributed by atoms with E-state index in [-0.39, 0.29) is 23.2 Å². The molecule has 0 fully saturated rings. The van der Waals surface area contributed by atoms with Crippen molar-refractivity contribution in [2.45, 2.75) is 44.4 Å². The van der Waals surface area contributed by atoms with Gasteiger partial charge in [-0.1, -0.05) is 44.7 Å². The number of hydrogen-bond acceptors (Lipinski definition) is 7. The van der Waals surface area contributed by atoms with Crippen LogP contribution in [0.4, 0.5) is 5.69 Å². The molecule has 0 saturated heterocycles. The van der Waals surface area contributed by atoms with Gasteiger partial charge in [-0.25, -0.2) is 0 Å². The molecular weight excluding hydrogens is 452 g/mol. The number of rotatable bonds is 9. The van der Waals surface area contributed by atoms with Crippen LogP contribution in [0.15, 0.2) is 47.6 Å². The molecular formula is C25H32N4O4S. The third kappa shape index (κ3) is 6.22. The van der Waals surface area contributed by atoms with E-state index in [1.807, 2.05) is 30.7 Å². The fraction of sp³-hybridized carbons (Fsp3) is 0.400. The standard InChI is InChI=1S/C25H32N4O4S/c1-16(33-18-10-8-17(9-11-18)25(2,3)4)23-27-28-24(29(23)5)34-15-22(30)26-20-14-19(31-6)12-13-21(20)32-7/h8-14,16H,15H2,1-7H3,(H,26,30). The average Bonchev–Trinajstić information content (AvgIpc) is 3.17. The van der Waals surface area contributed by atoms with Crippen LogP contribution in [0, 0.1) is 0 Å². The minimum Gasteiger partial charge on any atom is -0.497 e. The molecule has 0 aliphatic heterocycles. The van der Waals surface area contributed by atoms with Gasteiger partial charge in [-0.2, -0.15) is 0 Å². The fourth-order valence-corrected chi connectivity index (χ4v) is 4.04. The Bertz CT molecular complexity index is 1120. The Kier molecular flexibility index (Phi) is 8.09. The molecule has 182 valence electrons. The maximum atomic E-state index is 12.5. The molecule has 0 spiro atoms. The summed E-state index contributed by atoms with van der Waals surface area (Å²) >= 11 is 1.30. The van der Waals surface area contributed by atoms with Gasteiger partial charge in [0.05, 0.1) is 25.7 Å². The lowest BCUT2D eigenvalue weighted by molar-refractivity contribution is -0.113. The van der Waals surface area contributed by atoms with E-state index in [1.165, 1.54) is 17.3 Å².